The fraction of sp³-hybridized carbons (Fsp3) is 0.429. The van der Waals surface area contributed by atoms with Crippen LogP contribution in [0.3, 0.4) is 0 Å². The number of benzene rings is 1. The van der Waals surface area contributed by atoms with Crippen LogP contribution in [0.1, 0.15) is 20.3 Å². The highest BCUT2D eigenvalue weighted by Gasteiger charge is 2.28. The minimum atomic E-state index is -0.306. The molecule has 1 unspecified atom stereocenters. The molecule has 5 nitrogen and oxygen atoms in total. The lowest BCUT2D eigenvalue weighted by atomic mass is 10.1. The topological polar surface area (TPSA) is 67.4 Å². The van der Waals surface area contributed by atoms with Gasteiger partial charge in [0.2, 0.25) is 11.8 Å². The van der Waals surface area contributed by atoms with Crippen molar-refractivity contribution in [1.29, 1.82) is 0 Å². The van der Waals surface area contributed by atoms with Crippen molar-refractivity contribution in [3.05, 3.63) is 24.3 Å². The second kappa shape index (κ2) is 5.73. The van der Waals surface area contributed by atoms with Gasteiger partial charge in [-0.3, -0.25) is 9.59 Å². The number of ether oxygens (including phenoxy) is 1. The molecule has 1 fully saturated rings. The molecular weight excluding hydrogens is 244 g/mol. The third kappa shape index (κ3) is 3.47. The van der Waals surface area contributed by atoms with E-state index in [1.807, 2.05) is 32.0 Å². The highest BCUT2D eigenvalue weighted by atomic mass is 16.5. The molecule has 1 aliphatic rings. The van der Waals surface area contributed by atoms with Gasteiger partial charge in [0.15, 0.2) is 0 Å². The van der Waals surface area contributed by atoms with Gasteiger partial charge in [0.25, 0.3) is 0 Å². The third-order valence-electron chi connectivity index (χ3n) is 2.86. The maximum Gasteiger partial charge on any atom is 0.229 e. The summed E-state index contributed by atoms with van der Waals surface area (Å²) in [4.78, 5) is 23.1. The number of hydrogen-bond acceptors (Lipinski definition) is 3. The number of hydrogen-bond donors (Lipinski definition) is 2. The smallest absolute Gasteiger partial charge is 0.229 e. The van der Waals surface area contributed by atoms with Crippen molar-refractivity contribution in [2.45, 2.75) is 26.4 Å². The minimum Gasteiger partial charge on any atom is -0.489 e. The average molecular weight is 262 g/mol. The Kier molecular flexibility index (Phi) is 4.04. The van der Waals surface area contributed by atoms with Gasteiger partial charge in [-0.05, 0) is 26.0 Å². The fourth-order valence-corrected chi connectivity index (χ4v) is 1.95. The number of para-hydroxylation sites is 2. The van der Waals surface area contributed by atoms with Gasteiger partial charge < -0.3 is 15.4 Å². The van der Waals surface area contributed by atoms with Crippen LogP contribution >= 0.6 is 0 Å². The number of carbonyl (C=O) groups excluding carboxylic acids is 2. The molecule has 0 aliphatic carbocycles. The molecule has 19 heavy (non-hydrogen) atoms. The van der Waals surface area contributed by atoms with E-state index in [1.165, 1.54) is 0 Å². The summed E-state index contributed by atoms with van der Waals surface area (Å²) in [6.07, 6.45) is 0.284. The van der Waals surface area contributed by atoms with Gasteiger partial charge in [-0.2, -0.15) is 0 Å². The molecule has 5 heteroatoms. The number of amides is 2. The molecule has 0 bridgehead atoms. The standard InChI is InChI=1S/C14H18N2O3/c1-9(2)19-12-6-4-3-5-11(12)16-14(18)10-7-13(17)15-8-10/h3-6,9-10H,7-8H2,1-2H3,(H,15,17)(H,16,18). The van der Waals surface area contributed by atoms with Crippen molar-refractivity contribution in [3.63, 3.8) is 0 Å². The number of carbonyl (C=O) groups is 2. The van der Waals surface area contributed by atoms with E-state index in [0.29, 0.717) is 18.0 Å². The zero-order chi connectivity index (χ0) is 13.8. The lowest BCUT2D eigenvalue weighted by molar-refractivity contribution is -0.123. The van der Waals surface area contributed by atoms with Crippen LogP contribution in [0.4, 0.5) is 5.69 Å². The second-order valence-electron chi connectivity index (χ2n) is 4.86. The molecule has 0 saturated carbocycles. The summed E-state index contributed by atoms with van der Waals surface area (Å²) in [5.41, 5.74) is 0.639. The van der Waals surface area contributed by atoms with Crippen molar-refractivity contribution in [2.75, 3.05) is 11.9 Å². The number of nitrogens with one attached hydrogen (secondary N) is 2. The van der Waals surface area contributed by atoms with E-state index in [1.54, 1.807) is 6.07 Å². The predicted octanol–water partition coefficient (Wildman–Crippen LogP) is 1.55. The Morgan fingerprint density at radius 2 is 2.16 bits per heavy atom. The van der Waals surface area contributed by atoms with Crippen molar-refractivity contribution >= 4 is 17.5 Å². The fourth-order valence-electron chi connectivity index (χ4n) is 1.95. The van der Waals surface area contributed by atoms with E-state index >= 15 is 0 Å². The van der Waals surface area contributed by atoms with Crippen LogP contribution < -0.4 is 15.4 Å². The molecule has 0 radical (unpaired) electrons. The Hall–Kier alpha value is -2.04. The van der Waals surface area contributed by atoms with E-state index in [4.69, 9.17) is 4.74 Å². The lowest BCUT2D eigenvalue weighted by Gasteiger charge is -2.16. The van der Waals surface area contributed by atoms with Gasteiger partial charge in [-0.1, -0.05) is 12.1 Å². The molecule has 1 heterocycles. The number of rotatable bonds is 4. The van der Waals surface area contributed by atoms with Crippen LogP contribution in [0.5, 0.6) is 5.75 Å². The molecule has 1 aromatic rings. The molecule has 1 saturated heterocycles. The molecule has 1 aromatic carbocycles. The first-order valence-corrected chi connectivity index (χ1v) is 6.39. The van der Waals surface area contributed by atoms with Crippen LogP contribution in [-0.2, 0) is 9.59 Å². The number of anilines is 1. The zero-order valence-corrected chi connectivity index (χ0v) is 11.1. The van der Waals surface area contributed by atoms with Crippen molar-refractivity contribution < 1.29 is 14.3 Å². The zero-order valence-electron chi connectivity index (χ0n) is 11.1. The Balaban J connectivity index is 2.06. The second-order valence-corrected chi connectivity index (χ2v) is 4.86. The third-order valence-corrected chi connectivity index (χ3v) is 2.86. The van der Waals surface area contributed by atoms with E-state index in [9.17, 15) is 9.59 Å². The SMILES string of the molecule is CC(C)Oc1ccccc1NC(=O)C1CNC(=O)C1. The summed E-state index contributed by atoms with van der Waals surface area (Å²) in [6, 6.07) is 7.29. The van der Waals surface area contributed by atoms with E-state index in [-0.39, 0.29) is 30.3 Å². The van der Waals surface area contributed by atoms with E-state index in [2.05, 4.69) is 10.6 Å². The van der Waals surface area contributed by atoms with Gasteiger partial charge in [-0.25, -0.2) is 0 Å². The van der Waals surface area contributed by atoms with Crippen LogP contribution in [0.25, 0.3) is 0 Å². The van der Waals surface area contributed by atoms with Gasteiger partial charge in [0.05, 0.1) is 17.7 Å². The molecule has 0 spiro atoms. The molecule has 2 amide bonds. The monoisotopic (exact) mass is 262 g/mol. The first kappa shape index (κ1) is 13.4. The summed E-state index contributed by atoms with van der Waals surface area (Å²) in [5.74, 6) is 0.104. The molecule has 2 N–H and O–H groups in total. The maximum absolute atomic E-state index is 12.0. The van der Waals surface area contributed by atoms with Gasteiger partial charge in [0.1, 0.15) is 5.75 Å². The molecule has 1 aliphatic heterocycles. The highest BCUT2D eigenvalue weighted by molar-refractivity contribution is 5.98. The molecule has 0 aromatic heterocycles. The quantitative estimate of drug-likeness (QED) is 0.865. The molecular formula is C14H18N2O3. The van der Waals surface area contributed by atoms with Gasteiger partial charge in [-0.15, -0.1) is 0 Å². The largest absolute Gasteiger partial charge is 0.489 e. The van der Waals surface area contributed by atoms with Crippen molar-refractivity contribution in [1.82, 2.24) is 5.32 Å². The Labute approximate surface area is 112 Å². The Morgan fingerprint density at radius 1 is 1.42 bits per heavy atom. The molecule has 102 valence electrons. The molecule has 1 atom stereocenters. The van der Waals surface area contributed by atoms with Gasteiger partial charge >= 0.3 is 0 Å². The van der Waals surface area contributed by atoms with Crippen LogP contribution in [0, 0.1) is 5.92 Å². The summed E-state index contributed by atoms with van der Waals surface area (Å²) in [5, 5.41) is 5.47. The average Bonchev–Trinajstić information content (AvgIpc) is 2.78. The van der Waals surface area contributed by atoms with Crippen LogP contribution in [0.15, 0.2) is 24.3 Å². The first-order valence-electron chi connectivity index (χ1n) is 6.39. The summed E-state index contributed by atoms with van der Waals surface area (Å²) >= 11 is 0. The first-order chi connectivity index (χ1) is 9.06. The van der Waals surface area contributed by atoms with Gasteiger partial charge in [0, 0.05) is 13.0 Å². The van der Waals surface area contributed by atoms with E-state index in [0.717, 1.165) is 0 Å². The summed E-state index contributed by atoms with van der Waals surface area (Å²) < 4.78 is 5.63. The predicted molar refractivity (Wildman–Crippen MR) is 72.0 cm³/mol. The molecule has 2 rings (SSSR count). The van der Waals surface area contributed by atoms with E-state index < -0.39 is 0 Å². The van der Waals surface area contributed by atoms with Crippen LogP contribution in [-0.4, -0.2) is 24.5 Å². The maximum atomic E-state index is 12.0. The Bertz CT molecular complexity index is 485. The minimum absolute atomic E-state index is 0.0350. The van der Waals surface area contributed by atoms with Crippen molar-refractivity contribution in [2.24, 2.45) is 5.92 Å². The lowest BCUT2D eigenvalue weighted by Crippen LogP contribution is -2.25. The van der Waals surface area contributed by atoms with Crippen LogP contribution in [0.2, 0.25) is 0 Å². The summed E-state index contributed by atoms with van der Waals surface area (Å²) in [6.45, 7) is 4.26. The normalized spacial score (nSPS) is 18.3. The summed E-state index contributed by atoms with van der Waals surface area (Å²) in [7, 11) is 0. The Morgan fingerprint density at radius 3 is 2.79 bits per heavy atom. The highest BCUT2D eigenvalue weighted by Crippen LogP contribution is 2.26. The van der Waals surface area contributed by atoms with Crippen molar-refractivity contribution in [3.8, 4) is 5.75 Å².